The van der Waals surface area contributed by atoms with Crippen LogP contribution in [0.25, 0.3) is 0 Å². The number of rotatable bonds is 8. The molecule has 0 aromatic heterocycles. The van der Waals surface area contributed by atoms with Gasteiger partial charge in [-0.3, -0.25) is 0 Å². The Balaban J connectivity index is 3.66. The third-order valence-corrected chi connectivity index (χ3v) is 1.69. The summed E-state index contributed by atoms with van der Waals surface area (Å²) >= 11 is 3.99. The lowest BCUT2D eigenvalue weighted by molar-refractivity contribution is -0.155. The normalized spacial score (nSPS) is 11.9. The Hall–Kier alpha value is -0.680. The van der Waals surface area contributed by atoms with Gasteiger partial charge in [-0.2, -0.15) is 12.6 Å². The average molecular weight is 220 g/mol. The molecule has 0 spiro atoms. The van der Waals surface area contributed by atoms with E-state index in [2.05, 4.69) is 19.2 Å². The van der Waals surface area contributed by atoms with E-state index in [1.807, 2.05) is 0 Å². The third-order valence-electron chi connectivity index (χ3n) is 1.35. The second kappa shape index (κ2) is 8.90. The molecule has 0 fully saturated rings. The predicted molar refractivity (Wildman–Crippen MR) is 56.4 cm³/mol. The molecule has 0 aromatic carbocycles. The van der Waals surface area contributed by atoms with Crippen LogP contribution in [0.3, 0.4) is 0 Å². The molecule has 1 atom stereocenters. The van der Waals surface area contributed by atoms with Crippen molar-refractivity contribution in [3.63, 3.8) is 0 Å². The summed E-state index contributed by atoms with van der Waals surface area (Å²) in [5.41, 5.74) is 0. The van der Waals surface area contributed by atoms with Crippen LogP contribution < -0.4 is 0 Å². The van der Waals surface area contributed by atoms with E-state index in [-0.39, 0.29) is 5.97 Å². The average Bonchev–Trinajstić information content (AvgIpc) is 2.18. The molecule has 0 amide bonds. The molecule has 0 aliphatic carbocycles. The fraction of sp³-hybridized carbons (Fsp3) is 0.667. The van der Waals surface area contributed by atoms with Crippen molar-refractivity contribution in [1.82, 2.24) is 0 Å². The maximum absolute atomic E-state index is 11.2. The van der Waals surface area contributed by atoms with Gasteiger partial charge in [0.2, 0.25) is 0 Å². The summed E-state index contributed by atoms with van der Waals surface area (Å²) in [4.78, 5) is 11.2. The van der Waals surface area contributed by atoms with E-state index in [4.69, 9.17) is 14.2 Å². The highest BCUT2D eigenvalue weighted by Crippen LogP contribution is 1.98. The lowest BCUT2D eigenvalue weighted by atomic mass is 10.4. The van der Waals surface area contributed by atoms with E-state index in [0.29, 0.717) is 25.6 Å². The Kier molecular flexibility index (Phi) is 8.47. The first-order valence-corrected chi connectivity index (χ1v) is 5.01. The topological polar surface area (TPSA) is 44.8 Å². The Morgan fingerprint density at radius 2 is 2.29 bits per heavy atom. The molecule has 0 aliphatic rings. The van der Waals surface area contributed by atoms with Gasteiger partial charge in [0.15, 0.2) is 6.10 Å². The summed E-state index contributed by atoms with van der Waals surface area (Å²) in [7, 11) is 0. The molecule has 0 N–H and O–H groups in total. The van der Waals surface area contributed by atoms with Crippen LogP contribution in [0.4, 0.5) is 0 Å². The highest BCUT2D eigenvalue weighted by molar-refractivity contribution is 7.80. The molecule has 0 saturated carbocycles. The fourth-order valence-corrected chi connectivity index (χ4v) is 1.01. The van der Waals surface area contributed by atoms with Gasteiger partial charge >= 0.3 is 5.97 Å². The number of ether oxygens (including phenoxy) is 3. The van der Waals surface area contributed by atoms with Crippen molar-refractivity contribution >= 4 is 18.6 Å². The molecule has 1 unspecified atom stereocenters. The minimum absolute atomic E-state index is 0.299. The van der Waals surface area contributed by atoms with Gasteiger partial charge in [0.05, 0.1) is 19.5 Å². The third kappa shape index (κ3) is 5.88. The van der Waals surface area contributed by atoms with Gasteiger partial charge in [0.25, 0.3) is 0 Å². The summed E-state index contributed by atoms with van der Waals surface area (Å²) in [6.07, 6.45) is 0.704. The Morgan fingerprint density at radius 3 is 2.79 bits per heavy atom. The summed E-state index contributed by atoms with van der Waals surface area (Å²) in [6, 6.07) is 0. The summed E-state index contributed by atoms with van der Waals surface area (Å²) in [5, 5.41) is 0. The SMILES string of the molecule is C=COCCOC(CS)C(=O)OCC. The number of carbonyl (C=O) groups is 1. The molecule has 14 heavy (non-hydrogen) atoms. The summed E-state index contributed by atoms with van der Waals surface area (Å²) in [5.74, 6) is -0.0893. The highest BCUT2D eigenvalue weighted by Gasteiger charge is 2.18. The largest absolute Gasteiger partial charge is 0.499 e. The Morgan fingerprint density at radius 1 is 1.57 bits per heavy atom. The zero-order valence-corrected chi connectivity index (χ0v) is 9.16. The van der Waals surface area contributed by atoms with Gasteiger partial charge < -0.3 is 14.2 Å². The van der Waals surface area contributed by atoms with Crippen molar-refractivity contribution in [2.75, 3.05) is 25.6 Å². The molecule has 82 valence electrons. The van der Waals surface area contributed by atoms with E-state index >= 15 is 0 Å². The van der Waals surface area contributed by atoms with E-state index < -0.39 is 6.10 Å². The van der Waals surface area contributed by atoms with Crippen molar-refractivity contribution in [2.45, 2.75) is 13.0 Å². The molecular formula is C9H16O4S. The maximum atomic E-state index is 11.2. The molecule has 0 bridgehead atoms. The highest BCUT2D eigenvalue weighted by atomic mass is 32.1. The Bertz CT molecular complexity index is 172. The lowest BCUT2D eigenvalue weighted by Gasteiger charge is -2.13. The quantitative estimate of drug-likeness (QED) is 0.287. The van der Waals surface area contributed by atoms with Crippen molar-refractivity contribution < 1.29 is 19.0 Å². The maximum Gasteiger partial charge on any atom is 0.336 e. The molecule has 0 saturated heterocycles. The lowest BCUT2D eigenvalue weighted by Crippen LogP contribution is -2.29. The van der Waals surface area contributed by atoms with E-state index in [1.165, 1.54) is 6.26 Å². The zero-order valence-electron chi connectivity index (χ0n) is 8.27. The van der Waals surface area contributed by atoms with Crippen molar-refractivity contribution in [3.8, 4) is 0 Å². The van der Waals surface area contributed by atoms with Gasteiger partial charge in [-0.05, 0) is 6.92 Å². The monoisotopic (exact) mass is 220 g/mol. The second-order valence-electron chi connectivity index (χ2n) is 2.33. The van der Waals surface area contributed by atoms with Gasteiger partial charge in [0, 0.05) is 5.75 Å². The minimum atomic E-state index is -0.619. The van der Waals surface area contributed by atoms with Crippen LogP contribution in [0, 0.1) is 0 Å². The molecule has 0 heterocycles. The summed E-state index contributed by atoms with van der Waals surface area (Å²) in [6.45, 7) is 6.15. The molecule has 0 aliphatic heterocycles. The number of carbonyl (C=O) groups excluding carboxylic acids is 1. The van der Waals surface area contributed by atoms with Gasteiger partial charge in [-0.15, -0.1) is 0 Å². The Labute approximate surface area is 89.6 Å². The molecule has 0 radical (unpaired) electrons. The smallest absolute Gasteiger partial charge is 0.336 e. The van der Waals surface area contributed by atoms with E-state index in [1.54, 1.807) is 6.92 Å². The standard InChI is InChI=1S/C9H16O4S/c1-3-11-5-6-13-8(7-14)9(10)12-4-2/h3,8,14H,1,4-7H2,2H3. The summed E-state index contributed by atoms with van der Waals surface area (Å²) < 4.78 is 14.8. The van der Waals surface area contributed by atoms with Crippen LogP contribution >= 0.6 is 12.6 Å². The van der Waals surface area contributed by atoms with Crippen LogP contribution in [0.15, 0.2) is 12.8 Å². The van der Waals surface area contributed by atoms with Crippen LogP contribution in [-0.4, -0.2) is 37.6 Å². The van der Waals surface area contributed by atoms with Gasteiger partial charge in [0.1, 0.15) is 6.61 Å². The number of hydrogen-bond donors (Lipinski definition) is 1. The van der Waals surface area contributed by atoms with Crippen LogP contribution in [-0.2, 0) is 19.0 Å². The minimum Gasteiger partial charge on any atom is -0.499 e. The van der Waals surface area contributed by atoms with E-state index in [9.17, 15) is 4.79 Å². The van der Waals surface area contributed by atoms with Crippen molar-refractivity contribution in [1.29, 1.82) is 0 Å². The fourth-order valence-electron chi connectivity index (χ4n) is 0.752. The first-order valence-electron chi connectivity index (χ1n) is 4.37. The zero-order chi connectivity index (χ0) is 10.8. The molecule has 0 aromatic rings. The number of hydrogen-bond acceptors (Lipinski definition) is 5. The number of thiol groups is 1. The predicted octanol–water partition coefficient (Wildman–Crippen LogP) is 1.02. The van der Waals surface area contributed by atoms with Crippen LogP contribution in [0.2, 0.25) is 0 Å². The van der Waals surface area contributed by atoms with Crippen molar-refractivity contribution in [3.05, 3.63) is 12.8 Å². The number of esters is 1. The van der Waals surface area contributed by atoms with Crippen LogP contribution in [0.5, 0.6) is 0 Å². The van der Waals surface area contributed by atoms with Crippen molar-refractivity contribution in [2.24, 2.45) is 0 Å². The molecular weight excluding hydrogens is 204 g/mol. The van der Waals surface area contributed by atoms with Crippen LogP contribution in [0.1, 0.15) is 6.92 Å². The molecule has 5 heteroatoms. The first kappa shape index (κ1) is 13.3. The first-order chi connectivity index (χ1) is 6.76. The van der Waals surface area contributed by atoms with Gasteiger partial charge in [-0.25, -0.2) is 4.79 Å². The van der Waals surface area contributed by atoms with E-state index in [0.717, 1.165) is 0 Å². The molecule has 4 nitrogen and oxygen atoms in total. The molecule has 0 rings (SSSR count). The van der Waals surface area contributed by atoms with Gasteiger partial charge in [-0.1, -0.05) is 6.58 Å². The second-order valence-corrected chi connectivity index (χ2v) is 2.70.